The molecule has 1 fully saturated rings. The van der Waals surface area contributed by atoms with E-state index >= 15 is 0 Å². The highest BCUT2D eigenvalue weighted by Crippen LogP contribution is 2.20. The van der Waals surface area contributed by atoms with Crippen molar-refractivity contribution in [1.29, 1.82) is 0 Å². The number of hydrogen-bond acceptors (Lipinski definition) is 5. The first-order valence-corrected chi connectivity index (χ1v) is 7.97. The van der Waals surface area contributed by atoms with Gasteiger partial charge in [-0.3, -0.25) is 9.59 Å². The van der Waals surface area contributed by atoms with Crippen molar-refractivity contribution in [2.24, 2.45) is 5.92 Å². The summed E-state index contributed by atoms with van der Waals surface area (Å²) in [6, 6.07) is 0.461. The number of hydrogen-bond donors (Lipinski definition) is 1. The maximum absolute atomic E-state index is 12.8. The standard InChI is InChI=1S/C16H23N3O4/c1-4-10(2)14(16(22)19-7-5-6-12(19)9-20)17-15(21)13-8-11(3)23-18-13/h8-10,12,14H,4-7H2,1-3H3,(H,17,21). The maximum Gasteiger partial charge on any atom is 0.274 e. The molecule has 3 atom stereocenters. The van der Waals surface area contributed by atoms with E-state index in [1.54, 1.807) is 11.8 Å². The predicted octanol–water partition coefficient (Wildman–Crippen LogP) is 1.32. The molecule has 1 saturated heterocycles. The Morgan fingerprint density at radius 3 is 2.87 bits per heavy atom. The molecule has 0 aromatic carbocycles. The number of aryl methyl sites for hydroxylation is 1. The first-order valence-electron chi connectivity index (χ1n) is 7.97. The molecule has 0 aliphatic carbocycles. The van der Waals surface area contributed by atoms with Gasteiger partial charge in [0.1, 0.15) is 18.1 Å². The quantitative estimate of drug-likeness (QED) is 0.798. The molecule has 7 heteroatoms. The Hall–Kier alpha value is -2.18. The minimum Gasteiger partial charge on any atom is -0.361 e. The van der Waals surface area contributed by atoms with E-state index in [2.05, 4.69) is 10.5 Å². The van der Waals surface area contributed by atoms with Crippen LogP contribution >= 0.6 is 0 Å². The molecule has 2 rings (SSSR count). The summed E-state index contributed by atoms with van der Waals surface area (Å²) in [6.07, 6.45) is 3.02. The van der Waals surface area contributed by atoms with Crippen LogP contribution in [-0.4, -0.2) is 46.8 Å². The van der Waals surface area contributed by atoms with Crippen molar-refractivity contribution in [2.75, 3.05) is 6.54 Å². The van der Waals surface area contributed by atoms with Gasteiger partial charge in [-0.2, -0.15) is 0 Å². The zero-order chi connectivity index (χ0) is 17.0. The first kappa shape index (κ1) is 17.2. The Labute approximate surface area is 135 Å². The number of amides is 2. The van der Waals surface area contributed by atoms with E-state index < -0.39 is 11.9 Å². The molecule has 1 aromatic heterocycles. The highest BCUT2D eigenvalue weighted by Gasteiger charge is 2.36. The van der Waals surface area contributed by atoms with Crippen LogP contribution in [0.3, 0.4) is 0 Å². The van der Waals surface area contributed by atoms with Gasteiger partial charge < -0.3 is 19.5 Å². The van der Waals surface area contributed by atoms with Crippen LogP contribution in [0.4, 0.5) is 0 Å². The van der Waals surface area contributed by atoms with Gasteiger partial charge >= 0.3 is 0 Å². The van der Waals surface area contributed by atoms with Gasteiger partial charge in [-0.25, -0.2) is 0 Å². The largest absolute Gasteiger partial charge is 0.361 e. The number of carbonyl (C=O) groups is 3. The number of nitrogens with one attached hydrogen (secondary N) is 1. The van der Waals surface area contributed by atoms with E-state index in [-0.39, 0.29) is 23.6 Å². The van der Waals surface area contributed by atoms with Gasteiger partial charge in [0.15, 0.2) is 5.69 Å². The van der Waals surface area contributed by atoms with Crippen LogP contribution in [0.5, 0.6) is 0 Å². The molecule has 1 aliphatic heterocycles. The Morgan fingerprint density at radius 1 is 1.57 bits per heavy atom. The summed E-state index contributed by atoms with van der Waals surface area (Å²) in [7, 11) is 0. The summed E-state index contributed by atoms with van der Waals surface area (Å²) in [4.78, 5) is 37.8. The fraction of sp³-hybridized carbons (Fsp3) is 0.625. The third-order valence-corrected chi connectivity index (χ3v) is 4.37. The molecule has 1 N–H and O–H groups in total. The van der Waals surface area contributed by atoms with Crippen molar-refractivity contribution in [3.8, 4) is 0 Å². The van der Waals surface area contributed by atoms with Crippen molar-refractivity contribution >= 4 is 18.1 Å². The average Bonchev–Trinajstić information content (AvgIpc) is 3.19. The van der Waals surface area contributed by atoms with E-state index in [0.717, 1.165) is 19.1 Å². The molecule has 0 radical (unpaired) electrons. The highest BCUT2D eigenvalue weighted by molar-refractivity contribution is 5.96. The molecule has 2 heterocycles. The molecule has 1 aromatic rings. The summed E-state index contributed by atoms with van der Waals surface area (Å²) in [6.45, 7) is 6.11. The van der Waals surface area contributed by atoms with E-state index in [0.29, 0.717) is 18.7 Å². The summed E-state index contributed by atoms with van der Waals surface area (Å²) < 4.78 is 4.90. The van der Waals surface area contributed by atoms with Gasteiger partial charge in [-0.15, -0.1) is 0 Å². The molecule has 2 amide bonds. The van der Waals surface area contributed by atoms with Gasteiger partial charge in [0.05, 0.1) is 6.04 Å². The summed E-state index contributed by atoms with van der Waals surface area (Å²) >= 11 is 0. The Bertz CT molecular complexity index is 584. The van der Waals surface area contributed by atoms with Crippen molar-refractivity contribution in [2.45, 2.75) is 52.1 Å². The molecule has 0 spiro atoms. The Balaban J connectivity index is 2.15. The van der Waals surface area contributed by atoms with Gasteiger partial charge in [0.25, 0.3) is 5.91 Å². The second-order valence-corrected chi connectivity index (χ2v) is 6.04. The summed E-state index contributed by atoms with van der Waals surface area (Å²) in [5.74, 6) is -0.167. The second-order valence-electron chi connectivity index (χ2n) is 6.04. The predicted molar refractivity (Wildman–Crippen MR) is 82.7 cm³/mol. The second kappa shape index (κ2) is 7.39. The molecule has 1 aliphatic rings. The average molecular weight is 321 g/mol. The molecular formula is C16H23N3O4. The Kier molecular flexibility index (Phi) is 5.52. The van der Waals surface area contributed by atoms with Crippen LogP contribution in [0.2, 0.25) is 0 Å². The third-order valence-electron chi connectivity index (χ3n) is 4.37. The zero-order valence-electron chi connectivity index (χ0n) is 13.7. The van der Waals surface area contributed by atoms with Gasteiger partial charge in [0.2, 0.25) is 5.91 Å². The lowest BCUT2D eigenvalue weighted by molar-refractivity contribution is -0.137. The van der Waals surface area contributed by atoms with Crippen LogP contribution in [0.1, 0.15) is 49.4 Å². The fourth-order valence-corrected chi connectivity index (χ4v) is 2.76. The van der Waals surface area contributed by atoms with Crippen LogP contribution in [0.15, 0.2) is 10.6 Å². The number of aromatic nitrogens is 1. The van der Waals surface area contributed by atoms with Crippen molar-refractivity contribution in [3.05, 3.63) is 17.5 Å². The number of carbonyl (C=O) groups excluding carboxylic acids is 3. The highest BCUT2D eigenvalue weighted by atomic mass is 16.5. The molecule has 0 saturated carbocycles. The SMILES string of the molecule is CCC(C)C(NC(=O)c1cc(C)on1)C(=O)N1CCCC1C=O. The van der Waals surface area contributed by atoms with Gasteiger partial charge in [0, 0.05) is 12.6 Å². The number of aldehydes is 1. The van der Waals surface area contributed by atoms with Crippen molar-refractivity contribution < 1.29 is 18.9 Å². The van der Waals surface area contributed by atoms with Crippen molar-refractivity contribution in [3.63, 3.8) is 0 Å². The van der Waals surface area contributed by atoms with Crippen LogP contribution in [0, 0.1) is 12.8 Å². The van der Waals surface area contributed by atoms with Crippen LogP contribution in [-0.2, 0) is 9.59 Å². The zero-order valence-corrected chi connectivity index (χ0v) is 13.7. The van der Waals surface area contributed by atoms with Crippen LogP contribution in [0.25, 0.3) is 0 Å². The third kappa shape index (κ3) is 3.78. The molecule has 23 heavy (non-hydrogen) atoms. The minimum atomic E-state index is -0.676. The summed E-state index contributed by atoms with van der Waals surface area (Å²) in [5, 5.41) is 6.42. The lowest BCUT2D eigenvalue weighted by Gasteiger charge is -2.29. The lowest BCUT2D eigenvalue weighted by atomic mass is 9.97. The van der Waals surface area contributed by atoms with Gasteiger partial charge in [-0.05, 0) is 25.7 Å². The monoisotopic (exact) mass is 321 g/mol. The maximum atomic E-state index is 12.8. The molecule has 7 nitrogen and oxygen atoms in total. The number of likely N-dealkylation sites (tertiary alicyclic amines) is 1. The first-order chi connectivity index (χ1) is 11.0. The van der Waals surface area contributed by atoms with E-state index in [9.17, 15) is 14.4 Å². The minimum absolute atomic E-state index is 0.0488. The molecule has 3 unspecified atom stereocenters. The fourth-order valence-electron chi connectivity index (χ4n) is 2.76. The topological polar surface area (TPSA) is 92.5 Å². The number of rotatable bonds is 6. The number of nitrogens with zero attached hydrogens (tertiary/aromatic N) is 2. The van der Waals surface area contributed by atoms with E-state index in [1.807, 2.05) is 13.8 Å². The van der Waals surface area contributed by atoms with Crippen LogP contribution < -0.4 is 5.32 Å². The van der Waals surface area contributed by atoms with Crippen molar-refractivity contribution in [1.82, 2.24) is 15.4 Å². The lowest BCUT2D eigenvalue weighted by Crippen LogP contribution is -2.53. The normalized spacial score (nSPS) is 20.1. The smallest absolute Gasteiger partial charge is 0.274 e. The molecular weight excluding hydrogens is 298 g/mol. The molecule has 126 valence electrons. The Morgan fingerprint density at radius 2 is 2.30 bits per heavy atom. The van der Waals surface area contributed by atoms with Gasteiger partial charge in [-0.1, -0.05) is 25.4 Å². The van der Waals surface area contributed by atoms with E-state index in [4.69, 9.17) is 4.52 Å². The molecule has 0 bridgehead atoms. The summed E-state index contributed by atoms with van der Waals surface area (Å²) in [5.41, 5.74) is 0.150. The van der Waals surface area contributed by atoms with E-state index in [1.165, 1.54) is 6.07 Å².